The number of benzene rings is 1. The van der Waals surface area contributed by atoms with E-state index in [0.717, 1.165) is 11.5 Å². The van der Waals surface area contributed by atoms with Crippen LogP contribution in [0.15, 0.2) is 18.2 Å². The first kappa shape index (κ1) is 17.5. The first-order valence-electron chi connectivity index (χ1n) is 6.47. The van der Waals surface area contributed by atoms with Crippen molar-refractivity contribution in [1.82, 2.24) is 4.37 Å². The molecule has 0 bridgehead atoms. The predicted octanol–water partition coefficient (Wildman–Crippen LogP) is 3.52. The zero-order chi connectivity index (χ0) is 17.1. The number of hydrogen-bond donors (Lipinski definition) is 2. The Morgan fingerprint density at radius 1 is 1.30 bits per heavy atom. The Hall–Kier alpha value is -1.83. The van der Waals surface area contributed by atoms with Gasteiger partial charge in [-0.25, -0.2) is 4.79 Å². The molecular formula is C14H13Cl2N3O3S. The van der Waals surface area contributed by atoms with Crippen molar-refractivity contribution in [3.8, 4) is 0 Å². The number of carbonyl (C=O) groups is 2. The zero-order valence-electron chi connectivity index (χ0n) is 12.2. The number of ether oxygens (including phenoxy) is 1. The van der Waals surface area contributed by atoms with Gasteiger partial charge in [-0.2, -0.15) is 4.37 Å². The molecular weight excluding hydrogens is 361 g/mol. The normalized spacial score (nSPS) is 11.8. The number of nitrogens with two attached hydrogens (primary N) is 1. The van der Waals surface area contributed by atoms with E-state index in [1.807, 2.05) is 0 Å². The summed E-state index contributed by atoms with van der Waals surface area (Å²) in [6.07, 6.45) is -1.03. The van der Waals surface area contributed by atoms with Gasteiger partial charge in [0.05, 0.1) is 5.69 Å². The standard InChI is InChI=1S/C14H13Cl2N3O3S/c1-6-11(12(17)23-19-6)14(21)22-7(2)13(20)18-10-4-8(15)3-9(16)5-10/h3-5,7H,17H2,1-2H3,(H,18,20)/t7-/m0/s1. The summed E-state index contributed by atoms with van der Waals surface area (Å²) in [6, 6.07) is 4.60. The lowest BCUT2D eigenvalue weighted by molar-refractivity contribution is -0.123. The topological polar surface area (TPSA) is 94.3 Å². The molecule has 0 aliphatic rings. The van der Waals surface area contributed by atoms with Gasteiger partial charge in [-0.15, -0.1) is 0 Å². The number of nitrogens with zero attached hydrogens (tertiary/aromatic N) is 1. The highest BCUT2D eigenvalue weighted by Crippen LogP contribution is 2.24. The number of aromatic nitrogens is 1. The molecule has 2 rings (SSSR count). The van der Waals surface area contributed by atoms with Gasteiger partial charge in [0, 0.05) is 15.7 Å². The maximum Gasteiger partial charge on any atom is 0.343 e. The van der Waals surface area contributed by atoms with Gasteiger partial charge in [-0.3, -0.25) is 4.79 Å². The number of rotatable bonds is 4. The van der Waals surface area contributed by atoms with Crippen molar-refractivity contribution in [3.05, 3.63) is 39.5 Å². The number of nitrogens with one attached hydrogen (secondary N) is 1. The quantitative estimate of drug-likeness (QED) is 0.799. The summed E-state index contributed by atoms with van der Waals surface area (Å²) >= 11 is 12.7. The summed E-state index contributed by atoms with van der Waals surface area (Å²) in [5.74, 6) is -1.21. The lowest BCUT2D eigenvalue weighted by Gasteiger charge is -2.14. The third kappa shape index (κ3) is 4.34. The Bertz CT molecular complexity index is 724. The van der Waals surface area contributed by atoms with Crippen LogP contribution < -0.4 is 11.1 Å². The molecule has 23 heavy (non-hydrogen) atoms. The van der Waals surface area contributed by atoms with Crippen LogP contribution in [0.2, 0.25) is 10.0 Å². The van der Waals surface area contributed by atoms with E-state index in [1.165, 1.54) is 25.1 Å². The van der Waals surface area contributed by atoms with Crippen LogP contribution in [0.25, 0.3) is 0 Å². The van der Waals surface area contributed by atoms with Gasteiger partial charge < -0.3 is 15.8 Å². The number of anilines is 2. The summed E-state index contributed by atoms with van der Waals surface area (Å²) in [6.45, 7) is 3.09. The van der Waals surface area contributed by atoms with Gasteiger partial charge in [0.25, 0.3) is 5.91 Å². The van der Waals surface area contributed by atoms with Gasteiger partial charge in [0.15, 0.2) is 6.10 Å². The van der Waals surface area contributed by atoms with Crippen LogP contribution in [0.4, 0.5) is 10.7 Å². The molecule has 3 N–H and O–H groups in total. The van der Waals surface area contributed by atoms with Gasteiger partial charge in [0.1, 0.15) is 10.6 Å². The summed E-state index contributed by atoms with van der Waals surface area (Å²) in [4.78, 5) is 24.2. The van der Waals surface area contributed by atoms with Gasteiger partial charge >= 0.3 is 5.97 Å². The number of nitrogen functional groups attached to an aromatic ring is 1. The SMILES string of the molecule is Cc1nsc(N)c1C(=O)O[C@@H](C)C(=O)Nc1cc(Cl)cc(Cl)c1. The Morgan fingerprint density at radius 3 is 2.43 bits per heavy atom. The third-order valence-corrected chi connectivity index (χ3v) is 4.08. The maximum absolute atomic E-state index is 12.1. The molecule has 1 heterocycles. The fourth-order valence-corrected chi connectivity index (χ4v) is 2.95. The molecule has 1 aromatic carbocycles. The zero-order valence-corrected chi connectivity index (χ0v) is 14.6. The predicted molar refractivity (Wildman–Crippen MR) is 91.2 cm³/mol. The van der Waals surface area contributed by atoms with Crippen LogP contribution in [0.1, 0.15) is 23.0 Å². The Labute approximate surface area is 146 Å². The van der Waals surface area contributed by atoms with E-state index in [1.54, 1.807) is 6.92 Å². The van der Waals surface area contributed by atoms with Crippen LogP contribution in [-0.2, 0) is 9.53 Å². The molecule has 0 saturated heterocycles. The van der Waals surface area contributed by atoms with E-state index >= 15 is 0 Å². The van der Waals surface area contributed by atoms with E-state index in [-0.39, 0.29) is 10.6 Å². The molecule has 6 nitrogen and oxygen atoms in total. The molecule has 1 atom stereocenters. The summed E-state index contributed by atoms with van der Waals surface area (Å²) in [7, 11) is 0. The minimum Gasteiger partial charge on any atom is -0.449 e. The number of amides is 1. The molecule has 0 fully saturated rings. The number of hydrogen-bond acceptors (Lipinski definition) is 6. The highest BCUT2D eigenvalue weighted by molar-refractivity contribution is 7.10. The molecule has 9 heteroatoms. The van der Waals surface area contributed by atoms with Crippen molar-refractivity contribution < 1.29 is 14.3 Å². The van der Waals surface area contributed by atoms with E-state index in [4.69, 9.17) is 33.7 Å². The van der Waals surface area contributed by atoms with Gasteiger partial charge in [0.2, 0.25) is 0 Å². The third-order valence-electron chi connectivity index (χ3n) is 2.88. The fourth-order valence-electron chi connectivity index (χ4n) is 1.78. The van der Waals surface area contributed by atoms with Crippen molar-refractivity contribution in [3.63, 3.8) is 0 Å². The van der Waals surface area contributed by atoms with Crippen molar-refractivity contribution in [2.45, 2.75) is 20.0 Å². The molecule has 1 amide bonds. The van der Waals surface area contributed by atoms with E-state index < -0.39 is 18.0 Å². The van der Waals surface area contributed by atoms with E-state index in [9.17, 15) is 9.59 Å². The summed E-state index contributed by atoms with van der Waals surface area (Å²) in [5.41, 5.74) is 6.73. The number of carbonyl (C=O) groups excluding carboxylic acids is 2. The van der Waals surface area contributed by atoms with Crippen molar-refractivity contribution in [2.75, 3.05) is 11.1 Å². The average molecular weight is 374 g/mol. The Morgan fingerprint density at radius 2 is 1.91 bits per heavy atom. The lowest BCUT2D eigenvalue weighted by atomic mass is 10.2. The van der Waals surface area contributed by atoms with Crippen LogP contribution >= 0.6 is 34.7 Å². The summed E-state index contributed by atoms with van der Waals surface area (Å²) < 4.78 is 9.08. The first-order valence-corrected chi connectivity index (χ1v) is 8.00. The molecule has 2 aromatic rings. The fraction of sp³-hybridized carbons (Fsp3) is 0.214. The Kier molecular flexibility index (Phi) is 5.46. The number of aryl methyl sites for hydroxylation is 1. The van der Waals surface area contributed by atoms with Crippen molar-refractivity contribution in [2.24, 2.45) is 0 Å². The van der Waals surface area contributed by atoms with Crippen LogP contribution in [-0.4, -0.2) is 22.4 Å². The number of esters is 1. The largest absolute Gasteiger partial charge is 0.449 e. The molecule has 0 spiro atoms. The molecule has 0 radical (unpaired) electrons. The minimum atomic E-state index is -1.03. The lowest BCUT2D eigenvalue weighted by Crippen LogP contribution is -2.30. The van der Waals surface area contributed by atoms with E-state index in [2.05, 4.69) is 9.69 Å². The second kappa shape index (κ2) is 7.16. The van der Waals surface area contributed by atoms with Crippen LogP contribution in [0, 0.1) is 6.92 Å². The van der Waals surface area contributed by atoms with E-state index in [0.29, 0.717) is 21.4 Å². The van der Waals surface area contributed by atoms with Gasteiger partial charge in [-0.1, -0.05) is 23.2 Å². The Balaban J connectivity index is 2.04. The second-order valence-corrected chi connectivity index (χ2v) is 6.38. The summed E-state index contributed by atoms with van der Waals surface area (Å²) in [5, 5.41) is 3.59. The molecule has 1 aromatic heterocycles. The maximum atomic E-state index is 12.1. The number of halogens is 2. The highest BCUT2D eigenvalue weighted by atomic mass is 35.5. The van der Waals surface area contributed by atoms with Crippen molar-refractivity contribution >= 4 is 57.3 Å². The molecule has 0 aliphatic heterocycles. The van der Waals surface area contributed by atoms with Crippen LogP contribution in [0.3, 0.4) is 0 Å². The monoisotopic (exact) mass is 373 g/mol. The molecule has 0 aliphatic carbocycles. The molecule has 0 saturated carbocycles. The molecule has 0 unspecified atom stereocenters. The van der Waals surface area contributed by atoms with Crippen LogP contribution in [0.5, 0.6) is 0 Å². The molecule has 122 valence electrons. The minimum absolute atomic E-state index is 0.181. The first-order chi connectivity index (χ1) is 10.8. The van der Waals surface area contributed by atoms with Crippen molar-refractivity contribution in [1.29, 1.82) is 0 Å². The highest BCUT2D eigenvalue weighted by Gasteiger charge is 2.23. The average Bonchev–Trinajstić information content (AvgIpc) is 2.76. The van der Waals surface area contributed by atoms with Gasteiger partial charge in [-0.05, 0) is 43.6 Å². The second-order valence-electron chi connectivity index (χ2n) is 4.70. The smallest absolute Gasteiger partial charge is 0.343 e.